The molecule has 0 bridgehead atoms. The van der Waals surface area contributed by atoms with E-state index in [1.54, 1.807) is 0 Å². The summed E-state index contributed by atoms with van der Waals surface area (Å²) in [5.74, 6) is 0. The van der Waals surface area contributed by atoms with Crippen molar-refractivity contribution >= 4 is 0 Å². The lowest BCUT2D eigenvalue weighted by atomic mass is 9.98. The first-order valence-electron chi connectivity index (χ1n) is 7.79. The van der Waals surface area contributed by atoms with Crippen LogP contribution in [0.5, 0.6) is 0 Å². The van der Waals surface area contributed by atoms with Crippen molar-refractivity contribution in [2.24, 2.45) is 0 Å². The lowest BCUT2D eigenvalue weighted by Gasteiger charge is -2.38. The van der Waals surface area contributed by atoms with Crippen molar-refractivity contribution in [1.82, 2.24) is 10.2 Å². The van der Waals surface area contributed by atoms with Gasteiger partial charge in [-0.05, 0) is 45.3 Å². The van der Waals surface area contributed by atoms with Crippen LogP contribution in [0.4, 0.5) is 0 Å². The Morgan fingerprint density at radius 1 is 1.06 bits per heavy atom. The minimum atomic E-state index is 0.782. The van der Waals surface area contributed by atoms with Crippen LogP contribution >= 0.6 is 0 Å². The summed E-state index contributed by atoms with van der Waals surface area (Å²) in [5, 5.41) is 3.59. The van der Waals surface area contributed by atoms with Crippen molar-refractivity contribution in [1.29, 1.82) is 0 Å². The summed E-state index contributed by atoms with van der Waals surface area (Å²) in [4.78, 5) is 2.76. The molecule has 0 aromatic heterocycles. The van der Waals surface area contributed by atoms with Crippen LogP contribution in [0.2, 0.25) is 0 Å². The average Bonchev–Trinajstić information content (AvgIpc) is 2.36. The van der Waals surface area contributed by atoms with Gasteiger partial charge in [0.15, 0.2) is 0 Å². The van der Waals surface area contributed by atoms with Crippen molar-refractivity contribution < 1.29 is 0 Å². The van der Waals surface area contributed by atoms with Gasteiger partial charge in [0.1, 0.15) is 0 Å². The van der Waals surface area contributed by atoms with Gasteiger partial charge in [-0.25, -0.2) is 0 Å². The average molecular weight is 240 g/mol. The number of unbranched alkanes of at least 4 members (excludes halogenated alkanes) is 1. The molecule has 1 N–H and O–H groups in total. The third kappa shape index (κ3) is 5.39. The topological polar surface area (TPSA) is 15.3 Å². The number of rotatable bonds is 8. The Kier molecular flexibility index (Phi) is 7.87. The zero-order valence-electron chi connectivity index (χ0n) is 12.2. The van der Waals surface area contributed by atoms with Crippen LogP contribution in [0.15, 0.2) is 0 Å². The SMILES string of the molecule is CCCCC(CCC)N1CCC(NCC)CC1. The molecule has 102 valence electrons. The van der Waals surface area contributed by atoms with Gasteiger partial charge in [0.05, 0.1) is 0 Å². The van der Waals surface area contributed by atoms with Crippen LogP contribution < -0.4 is 5.32 Å². The van der Waals surface area contributed by atoms with Gasteiger partial charge in [0.25, 0.3) is 0 Å². The molecule has 1 fully saturated rings. The zero-order valence-corrected chi connectivity index (χ0v) is 12.2. The van der Waals surface area contributed by atoms with Crippen molar-refractivity contribution in [3.05, 3.63) is 0 Å². The van der Waals surface area contributed by atoms with Gasteiger partial charge in [0, 0.05) is 12.1 Å². The quantitative estimate of drug-likeness (QED) is 0.699. The molecular formula is C15H32N2. The van der Waals surface area contributed by atoms with E-state index >= 15 is 0 Å². The largest absolute Gasteiger partial charge is 0.314 e. The second-order valence-electron chi connectivity index (χ2n) is 5.45. The number of nitrogens with zero attached hydrogens (tertiary/aromatic N) is 1. The first kappa shape index (κ1) is 15.0. The molecule has 0 aromatic rings. The molecule has 1 atom stereocenters. The molecular weight excluding hydrogens is 208 g/mol. The van der Waals surface area contributed by atoms with Crippen molar-refractivity contribution in [3.63, 3.8) is 0 Å². The molecule has 1 rings (SSSR count). The molecule has 1 aliphatic rings. The molecule has 0 saturated carbocycles. The van der Waals surface area contributed by atoms with Gasteiger partial charge in [-0.1, -0.05) is 40.0 Å². The third-order valence-electron chi connectivity index (χ3n) is 4.05. The predicted molar refractivity (Wildman–Crippen MR) is 76.5 cm³/mol. The fourth-order valence-electron chi connectivity index (χ4n) is 3.04. The maximum atomic E-state index is 3.59. The summed E-state index contributed by atoms with van der Waals surface area (Å²) in [7, 11) is 0. The molecule has 1 aliphatic heterocycles. The van der Waals surface area contributed by atoms with Crippen LogP contribution in [0.1, 0.15) is 65.7 Å². The van der Waals surface area contributed by atoms with Crippen molar-refractivity contribution in [2.45, 2.75) is 77.8 Å². The number of nitrogens with one attached hydrogen (secondary N) is 1. The molecule has 1 saturated heterocycles. The molecule has 0 radical (unpaired) electrons. The standard InChI is InChI=1S/C15H32N2/c1-4-7-9-15(8-5-2)17-12-10-14(11-13-17)16-6-3/h14-16H,4-13H2,1-3H3. The lowest BCUT2D eigenvalue weighted by Crippen LogP contribution is -2.46. The monoisotopic (exact) mass is 240 g/mol. The van der Waals surface area contributed by atoms with Crippen LogP contribution in [-0.2, 0) is 0 Å². The fraction of sp³-hybridized carbons (Fsp3) is 1.00. The summed E-state index contributed by atoms with van der Waals surface area (Å²) in [6.07, 6.45) is 9.58. The molecule has 1 heterocycles. The number of likely N-dealkylation sites (tertiary alicyclic amines) is 1. The summed E-state index contributed by atoms with van der Waals surface area (Å²) in [6, 6.07) is 1.65. The van der Waals surface area contributed by atoms with E-state index in [2.05, 4.69) is 31.0 Å². The molecule has 0 aliphatic carbocycles. The van der Waals surface area contributed by atoms with Gasteiger partial charge in [-0.2, -0.15) is 0 Å². The van der Waals surface area contributed by atoms with E-state index in [-0.39, 0.29) is 0 Å². The Bertz CT molecular complexity index is 174. The van der Waals surface area contributed by atoms with E-state index in [1.807, 2.05) is 0 Å². The second kappa shape index (κ2) is 8.93. The van der Waals surface area contributed by atoms with Crippen LogP contribution in [0.25, 0.3) is 0 Å². The first-order chi connectivity index (χ1) is 8.31. The summed E-state index contributed by atoms with van der Waals surface area (Å²) >= 11 is 0. The highest BCUT2D eigenvalue weighted by molar-refractivity contribution is 4.81. The Morgan fingerprint density at radius 2 is 1.76 bits per heavy atom. The summed E-state index contributed by atoms with van der Waals surface area (Å²) in [5.41, 5.74) is 0. The number of piperidine rings is 1. The Balaban J connectivity index is 2.31. The normalized spacial score (nSPS) is 20.6. The molecule has 17 heavy (non-hydrogen) atoms. The van der Waals surface area contributed by atoms with Crippen LogP contribution in [0, 0.1) is 0 Å². The first-order valence-corrected chi connectivity index (χ1v) is 7.79. The third-order valence-corrected chi connectivity index (χ3v) is 4.05. The maximum Gasteiger partial charge on any atom is 0.00951 e. The highest BCUT2D eigenvalue weighted by Gasteiger charge is 2.23. The van der Waals surface area contributed by atoms with E-state index in [1.165, 1.54) is 58.0 Å². The Morgan fingerprint density at radius 3 is 2.29 bits per heavy atom. The predicted octanol–water partition coefficient (Wildman–Crippen LogP) is 3.42. The van der Waals surface area contributed by atoms with E-state index in [0.29, 0.717) is 0 Å². The highest BCUT2D eigenvalue weighted by Crippen LogP contribution is 2.20. The Hall–Kier alpha value is -0.0800. The zero-order chi connectivity index (χ0) is 12.5. The van der Waals surface area contributed by atoms with Crippen LogP contribution in [-0.4, -0.2) is 36.6 Å². The van der Waals surface area contributed by atoms with Gasteiger partial charge in [0.2, 0.25) is 0 Å². The summed E-state index contributed by atoms with van der Waals surface area (Å²) in [6.45, 7) is 10.6. The van der Waals surface area contributed by atoms with E-state index < -0.39 is 0 Å². The Labute approximate surface area is 108 Å². The van der Waals surface area contributed by atoms with E-state index in [4.69, 9.17) is 0 Å². The van der Waals surface area contributed by atoms with Gasteiger partial charge >= 0.3 is 0 Å². The molecule has 0 amide bonds. The van der Waals surface area contributed by atoms with Gasteiger partial charge in [-0.3, -0.25) is 0 Å². The van der Waals surface area contributed by atoms with E-state index in [9.17, 15) is 0 Å². The minimum Gasteiger partial charge on any atom is -0.314 e. The molecule has 1 unspecified atom stereocenters. The second-order valence-corrected chi connectivity index (χ2v) is 5.45. The van der Waals surface area contributed by atoms with Gasteiger partial charge < -0.3 is 10.2 Å². The molecule has 0 aromatic carbocycles. The maximum absolute atomic E-state index is 3.59. The lowest BCUT2D eigenvalue weighted by molar-refractivity contribution is 0.128. The van der Waals surface area contributed by atoms with Gasteiger partial charge in [-0.15, -0.1) is 0 Å². The molecule has 2 heteroatoms. The van der Waals surface area contributed by atoms with Crippen molar-refractivity contribution in [2.75, 3.05) is 19.6 Å². The number of hydrogen-bond acceptors (Lipinski definition) is 2. The smallest absolute Gasteiger partial charge is 0.00951 e. The summed E-state index contributed by atoms with van der Waals surface area (Å²) < 4.78 is 0. The number of hydrogen-bond donors (Lipinski definition) is 1. The van der Waals surface area contributed by atoms with E-state index in [0.717, 1.165) is 18.6 Å². The minimum absolute atomic E-state index is 0.782. The fourth-order valence-corrected chi connectivity index (χ4v) is 3.04. The molecule has 2 nitrogen and oxygen atoms in total. The van der Waals surface area contributed by atoms with Crippen LogP contribution in [0.3, 0.4) is 0 Å². The van der Waals surface area contributed by atoms with Crippen molar-refractivity contribution in [3.8, 4) is 0 Å². The highest BCUT2D eigenvalue weighted by atomic mass is 15.2. The molecule has 0 spiro atoms.